The Morgan fingerprint density at radius 2 is 0.580 bits per heavy atom. The molecule has 0 saturated heterocycles. The lowest BCUT2D eigenvalue weighted by Crippen LogP contribution is -1.91. The molecule has 0 aliphatic heterocycles. The number of hydrogen-bond donors (Lipinski definition) is 0. The zero-order chi connectivity index (χ0) is 33.0. The van der Waals surface area contributed by atoms with Crippen LogP contribution in [0, 0.1) is 0 Å². The van der Waals surface area contributed by atoms with E-state index in [1.54, 1.807) is 0 Å². The molecule has 10 aromatic carbocycles. The van der Waals surface area contributed by atoms with Crippen LogP contribution in [-0.4, -0.2) is 0 Å². The first kappa shape index (κ1) is 28.5. The third kappa shape index (κ3) is 4.69. The van der Waals surface area contributed by atoms with Gasteiger partial charge in [0.25, 0.3) is 0 Å². The Morgan fingerprint density at radius 1 is 0.200 bits per heavy atom. The second kappa shape index (κ2) is 11.6. The van der Waals surface area contributed by atoms with E-state index in [4.69, 9.17) is 0 Å². The Hall–Kier alpha value is -6.50. The van der Waals surface area contributed by atoms with Gasteiger partial charge in [0.2, 0.25) is 0 Å². The van der Waals surface area contributed by atoms with Crippen LogP contribution < -0.4 is 0 Å². The van der Waals surface area contributed by atoms with E-state index in [0.717, 1.165) is 0 Å². The van der Waals surface area contributed by atoms with Crippen LogP contribution in [0.3, 0.4) is 0 Å². The molecule has 0 radical (unpaired) electrons. The molecule has 0 aromatic heterocycles. The van der Waals surface area contributed by atoms with Crippen LogP contribution in [0.15, 0.2) is 194 Å². The fourth-order valence-electron chi connectivity index (χ4n) is 7.98. The summed E-state index contributed by atoms with van der Waals surface area (Å²) in [5.41, 5.74) is 10.0. The first-order chi connectivity index (χ1) is 24.8. The molecule has 0 nitrogen and oxygen atoms in total. The van der Waals surface area contributed by atoms with E-state index in [9.17, 15) is 0 Å². The molecule has 232 valence electrons. The number of fused-ring (bicyclic) bond motifs is 5. The third-order valence-electron chi connectivity index (χ3n) is 10.4. The summed E-state index contributed by atoms with van der Waals surface area (Å²) in [7, 11) is 0. The van der Waals surface area contributed by atoms with Crippen molar-refractivity contribution >= 4 is 53.9 Å². The van der Waals surface area contributed by atoms with Gasteiger partial charge in [0.15, 0.2) is 0 Å². The van der Waals surface area contributed by atoms with Gasteiger partial charge in [0, 0.05) is 0 Å². The van der Waals surface area contributed by atoms with E-state index in [2.05, 4.69) is 194 Å². The minimum absolute atomic E-state index is 1.22. The van der Waals surface area contributed by atoms with Crippen LogP contribution in [-0.2, 0) is 0 Å². The SMILES string of the molecule is c1ccc2cc(-c3ccc4cc(-c5ccc(-c6c7ccccc7c(-c7cccc8ccccc78)c7ccccc67)cc5)ccc4c3)ccc2c1. The van der Waals surface area contributed by atoms with Crippen molar-refractivity contribution in [2.75, 3.05) is 0 Å². The van der Waals surface area contributed by atoms with Gasteiger partial charge in [0.05, 0.1) is 0 Å². The van der Waals surface area contributed by atoms with Gasteiger partial charge in [-0.05, 0) is 117 Å². The molecule has 0 atom stereocenters. The summed E-state index contributed by atoms with van der Waals surface area (Å²) < 4.78 is 0. The molecule has 10 rings (SSSR count). The molecule has 0 spiro atoms. The van der Waals surface area contributed by atoms with E-state index < -0.39 is 0 Å². The molecular formula is C50H32. The second-order valence-corrected chi connectivity index (χ2v) is 13.3. The van der Waals surface area contributed by atoms with Crippen molar-refractivity contribution in [3.63, 3.8) is 0 Å². The number of rotatable bonds is 4. The minimum atomic E-state index is 1.22. The first-order valence-electron chi connectivity index (χ1n) is 17.3. The summed E-state index contributed by atoms with van der Waals surface area (Å²) in [5, 5.41) is 12.7. The molecule has 10 aromatic rings. The third-order valence-corrected chi connectivity index (χ3v) is 10.4. The smallest absolute Gasteiger partial charge is 0.00201 e. The molecule has 0 N–H and O–H groups in total. The lowest BCUT2D eigenvalue weighted by Gasteiger charge is -2.19. The van der Waals surface area contributed by atoms with Gasteiger partial charge in [-0.25, -0.2) is 0 Å². The molecule has 0 fully saturated rings. The standard InChI is InChI=1S/C50H32/c1-2-12-37-30-39(25-22-33(37)10-1)42-29-28-40-31-38(26-27-41(40)32-42)34-20-23-36(24-21-34)49-45-15-5-7-17-47(45)50(48-18-8-6-16-46(48)49)44-19-9-13-35-11-3-4-14-43(35)44/h1-32H. The highest BCUT2D eigenvalue weighted by Gasteiger charge is 2.18. The Bertz CT molecular complexity index is 2850. The Morgan fingerprint density at radius 3 is 1.18 bits per heavy atom. The molecule has 0 bridgehead atoms. The first-order valence-corrected chi connectivity index (χ1v) is 17.3. The molecule has 0 aliphatic carbocycles. The van der Waals surface area contributed by atoms with Gasteiger partial charge in [-0.15, -0.1) is 0 Å². The van der Waals surface area contributed by atoms with Crippen LogP contribution in [0.2, 0.25) is 0 Å². The fraction of sp³-hybridized carbons (Fsp3) is 0. The minimum Gasteiger partial charge on any atom is -0.0616 e. The van der Waals surface area contributed by atoms with E-state index in [1.165, 1.54) is 98.4 Å². The van der Waals surface area contributed by atoms with E-state index >= 15 is 0 Å². The lowest BCUT2D eigenvalue weighted by atomic mass is 9.84. The maximum Gasteiger partial charge on any atom is -0.00201 e. The van der Waals surface area contributed by atoms with Gasteiger partial charge in [-0.3, -0.25) is 0 Å². The van der Waals surface area contributed by atoms with Crippen molar-refractivity contribution in [2.45, 2.75) is 0 Å². The van der Waals surface area contributed by atoms with Crippen molar-refractivity contribution in [2.24, 2.45) is 0 Å². The maximum absolute atomic E-state index is 2.32. The highest BCUT2D eigenvalue weighted by molar-refractivity contribution is 6.23. The summed E-state index contributed by atoms with van der Waals surface area (Å²) in [4.78, 5) is 0. The molecule has 50 heavy (non-hydrogen) atoms. The molecule has 0 heteroatoms. The zero-order valence-electron chi connectivity index (χ0n) is 27.5. The van der Waals surface area contributed by atoms with Gasteiger partial charge in [-0.1, -0.05) is 176 Å². The van der Waals surface area contributed by atoms with Crippen molar-refractivity contribution in [3.8, 4) is 44.5 Å². The number of benzene rings is 10. The Balaban J connectivity index is 1.06. The van der Waals surface area contributed by atoms with E-state index in [1.807, 2.05) is 0 Å². The maximum atomic E-state index is 2.32. The summed E-state index contributed by atoms with van der Waals surface area (Å²) in [6.45, 7) is 0. The normalized spacial score (nSPS) is 11.6. The Labute approximate surface area is 291 Å². The van der Waals surface area contributed by atoms with Gasteiger partial charge in [0.1, 0.15) is 0 Å². The topological polar surface area (TPSA) is 0 Å². The summed E-state index contributed by atoms with van der Waals surface area (Å²) in [6.07, 6.45) is 0. The van der Waals surface area contributed by atoms with Crippen molar-refractivity contribution < 1.29 is 0 Å². The average molecular weight is 633 g/mol. The van der Waals surface area contributed by atoms with Crippen LogP contribution in [0.4, 0.5) is 0 Å². The fourth-order valence-corrected chi connectivity index (χ4v) is 7.98. The second-order valence-electron chi connectivity index (χ2n) is 13.3. The molecular weight excluding hydrogens is 601 g/mol. The molecule has 0 unspecified atom stereocenters. The number of hydrogen-bond acceptors (Lipinski definition) is 0. The molecule has 0 aliphatic rings. The van der Waals surface area contributed by atoms with Crippen LogP contribution in [0.5, 0.6) is 0 Å². The van der Waals surface area contributed by atoms with Gasteiger partial charge < -0.3 is 0 Å². The van der Waals surface area contributed by atoms with Crippen molar-refractivity contribution in [1.29, 1.82) is 0 Å². The lowest BCUT2D eigenvalue weighted by molar-refractivity contribution is 1.62. The Kier molecular flexibility index (Phi) is 6.60. The summed E-state index contributed by atoms with van der Waals surface area (Å²) >= 11 is 0. The predicted molar refractivity (Wildman–Crippen MR) is 216 cm³/mol. The predicted octanol–water partition coefficient (Wildman–Crippen LogP) is 14.1. The molecule has 0 heterocycles. The van der Waals surface area contributed by atoms with E-state index in [0.29, 0.717) is 0 Å². The van der Waals surface area contributed by atoms with E-state index in [-0.39, 0.29) is 0 Å². The van der Waals surface area contributed by atoms with Crippen LogP contribution >= 0.6 is 0 Å². The monoisotopic (exact) mass is 632 g/mol. The van der Waals surface area contributed by atoms with Crippen molar-refractivity contribution in [1.82, 2.24) is 0 Å². The quantitative estimate of drug-likeness (QED) is 0.169. The van der Waals surface area contributed by atoms with Crippen LogP contribution in [0.25, 0.3) is 98.4 Å². The summed E-state index contributed by atoms with van der Waals surface area (Å²) in [6, 6.07) is 71.3. The highest BCUT2D eigenvalue weighted by atomic mass is 14.2. The largest absolute Gasteiger partial charge is 0.0616 e. The molecule has 0 saturated carbocycles. The zero-order valence-corrected chi connectivity index (χ0v) is 27.5. The highest BCUT2D eigenvalue weighted by Crippen LogP contribution is 2.45. The summed E-state index contributed by atoms with van der Waals surface area (Å²) in [5.74, 6) is 0. The molecule has 0 amide bonds. The van der Waals surface area contributed by atoms with Gasteiger partial charge >= 0.3 is 0 Å². The van der Waals surface area contributed by atoms with Gasteiger partial charge in [-0.2, -0.15) is 0 Å². The van der Waals surface area contributed by atoms with Crippen LogP contribution in [0.1, 0.15) is 0 Å². The average Bonchev–Trinajstić information content (AvgIpc) is 3.19. The van der Waals surface area contributed by atoms with Crippen molar-refractivity contribution in [3.05, 3.63) is 194 Å².